The summed E-state index contributed by atoms with van der Waals surface area (Å²) < 4.78 is 11.0. The number of hydrogen-bond acceptors (Lipinski definition) is 4. The second-order valence-electron chi connectivity index (χ2n) is 5.75. The van der Waals surface area contributed by atoms with Crippen molar-refractivity contribution >= 4 is 29.3 Å². The molecule has 0 saturated carbocycles. The van der Waals surface area contributed by atoms with Gasteiger partial charge in [-0.2, -0.15) is 0 Å². The molecular formula is C21H24N2O3S. The molecule has 0 bridgehead atoms. The predicted octanol–water partition coefficient (Wildman–Crippen LogP) is 3.69. The van der Waals surface area contributed by atoms with Gasteiger partial charge in [0.05, 0.1) is 13.7 Å². The molecule has 2 N–H and O–H groups in total. The highest BCUT2D eigenvalue weighted by atomic mass is 32.1. The lowest BCUT2D eigenvalue weighted by molar-refractivity contribution is -0.115. The molecule has 0 heterocycles. The van der Waals surface area contributed by atoms with E-state index in [0.717, 1.165) is 17.5 Å². The first kappa shape index (κ1) is 20.5. The molecule has 0 aromatic heterocycles. The fourth-order valence-corrected chi connectivity index (χ4v) is 2.44. The van der Waals surface area contributed by atoms with E-state index in [1.54, 1.807) is 13.2 Å². The summed E-state index contributed by atoms with van der Waals surface area (Å²) in [5.41, 5.74) is 1.91. The first-order valence-electron chi connectivity index (χ1n) is 8.74. The number of carbonyl (C=O) groups is 1. The van der Waals surface area contributed by atoms with Crippen molar-refractivity contribution in [3.05, 3.63) is 65.7 Å². The summed E-state index contributed by atoms with van der Waals surface area (Å²) in [6.07, 6.45) is 4.11. The molecule has 142 valence electrons. The van der Waals surface area contributed by atoms with E-state index < -0.39 is 0 Å². The summed E-state index contributed by atoms with van der Waals surface area (Å²) in [5.74, 6) is 1.10. The third-order valence-electron chi connectivity index (χ3n) is 3.61. The largest absolute Gasteiger partial charge is 0.493 e. The van der Waals surface area contributed by atoms with Gasteiger partial charge in [0, 0.05) is 12.6 Å². The van der Waals surface area contributed by atoms with Gasteiger partial charge in [-0.05, 0) is 48.0 Å². The Kier molecular flexibility index (Phi) is 8.32. The molecule has 0 aliphatic heterocycles. The van der Waals surface area contributed by atoms with Crippen molar-refractivity contribution in [1.82, 2.24) is 10.6 Å². The number of ether oxygens (including phenoxy) is 2. The first-order chi connectivity index (χ1) is 13.1. The average molecular weight is 385 g/mol. The lowest BCUT2D eigenvalue weighted by Gasteiger charge is -2.13. The van der Waals surface area contributed by atoms with Gasteiger partial charge in [-0.15, -0.1) is 0 Å². The van der Waals surface area contributed by atoms with Gasteiger partial charge in [0.2, 0.25) is 5.91 Å². The molecule has 1 amide bonds. The van der Waals surface area contributed by atoms with Crippen LogP contribution in [0.5, 0.6) is 11.5 Å². The quantitative estimate of drug-likeness (QED) is 0.537. The number of carbonyl (C=O) groups excluding carboxylic acids is 1. The summed E-state index contributed by atoms with van der Waals surface area (Å²) >= 11 is 5.17. The van der Waals surface area contributed by atoms with Crippen molar-refractivity contribution in [3.63, 3.8) is 0 Å². The van der Waals surface area contributed by atoms with E-state index in [1.165, 1.54) is 6.08 Å². The van der Waals surface area contributed by atoms with Crippen LogP contribution in [0.2, 0.25) is 0 Å². The second kappa shape index (κ2) is 11.0. The molecule has 0 aliphatic carbocycles. The van der Waals surface area contributed by atoms with E-state index >= 15 is 0 Å². The summed E-state index contributed by atoms with van der Waals surface area (Å²) in [6, 6.07) is 15.3. The van der Waals surface area contributed by atoms with Crippen LogP contribution in [0.4, 0.5) is 0 Å². The fourth-order valence-electron chi connectivity index (χ4n) is 2.27. The molecule has 0 atom stereocenters. The minimum Gasteiger partial charge on any atom is -0.493 e. The van der Waals surface area contributed by atoms with E-state index in [2.05, 4.69) is 17.6 Å². The number of hydrogen-bond donors (Lipinski definition) is 2. The summed E-state index contributed by atoms with van der Waals surface area (Å²) in [5, 5.41) is 5.90. The molecule has 6 heteroatoms. The van der Waals surface area contributed by atoms with Crippen LogP contribution in [0.25, 0.3) is 6.08 Å². The van der Waals surface area contributed by atoms with E-state index in [0.29, 0.717) is 24.7 Å². The van der Waals surface area contributed by atoms with Crippen LogP contribution < -0.4 is 20.1 Å². The average Bonchev–Trinajstić information content (AvgIpc) is 2.70. The van der Waals surface area contributed by atoms with E-state index in [9.17, 15) is 4.79 Å². The lowest BCUT2D eigenvalue weighted by atomic mass is 10.2. The van der Waals surface area contributed by atoms with E-state index in [-0.39, 0.29) is 11.0 Å². The molecule has 2 aromatic carbocycles. The van der Waals surface area contributed by atoms with Crippen molar-refractivity contribution in [2.45, 2.75) is 19.9 Å². The number of nitrogens with one attached hydrogen (secondary N) is 2. The number of amides is 1. The minimum absolute atomic E-state index is 0.267. The molecule has 5 nitrogen and oxygen atoms in total. The van der Waals surface area contributed by atoms with Crippen molar-refractivity contribution in [2.75, 3.05) is 13.7 Å². The number of methoxy groups -OCH3 is 1. The van der Waals surface area contributed by atoms with Crippen LogP contribution in [-0.2, 0) is 11.3 Å². The zero-order chi connectivity index (χ0) is 19.5. The van der Waals surface area contributed by atoms with Crippen molar-refractivity contribution < 1.29 is 14.3 Å². The third-order valence-corrected chi connectivity index (χ3v) is 3.85. The molecule has 0 spiro atoms. The van der Waals surface area contributed by atoms with Crippen molar-refractivity contribution in [2.24, 2.45) is 0 Å². The van der Waals surface area contributed by atoms with Gasteiger partial charge < -0.3 is 14.8 Å². The zero-order valence-electron chi connectivity index (χ0n) is 15.5. The van der Waals surface area contributed by atoms with Crippen LogP contribution in [0.15, 0.2) is 54.6 Å². The lowest BCUT2D eigenvalue weighted by Crippen LogP contribution is -2.37. The van der Waals surface area contributed by atoms with Crippen molar-refractivity contribution in [1.29, 1.82) is 0 Å². The number of rotatable bonds is 8. The van der Waals surface area contributed by atoms with Gasteiger partial charge in [-0.3, -0.25) is 10.1 Å². The van der Waals surface area contributed by atoms with Crippen LogP contribution in [0, 0.1) is 0 Å². The smallest absolute Gasteiger partial charge is 0.250 e. The SMILES string of the molecule is CCCOc1ccc(CNC(=S)NC(=O)/C=C/c2ccccc2)cc1OC. The Balaban J connectivity index is 1.84. The molecule has 2 rings (SSSR count). The van der Waals surface area contributed by atoms with Crippen LogP contribution >= 0.6 is 12.2 Å². The standard InChI is InChI=1S/C21H24N2O3S/c1-3-13-26-18-11-9-17(14-19(18)25-2)15-22-21(27)23-20(24)12-10-16-7-5-4-6-8-16/h4-12,14H,3,13,15H2,1-2H3,(H2,22,23,24,27)/b12-10+. The summed E-state index contributed by atoms with van der Waals surface area (Å²) in [7, 11) is 1.61. The molecule has 27 heavy (non-hydrogen) atoms. The van der Waals surface area contributed by atoms with Gasteiger partial charge in [-0.25, -0.2) is 0 Å². The molecule has 0 fully saturated rings. The Morgan fingerprint density at radius 2 is 1.93 bits per heavy atom. The highest BCUT2D eigenvalue weighted by Gasteiger charge is 2.07. The maximum Gasteiger partial charge on any atom is 0.250 e. The second-order valence-corrected chi connectivity index (χ2v) is 6.16. The number of benzene rings is 2. The summed E-state index contributed by atoms with van der Waals surface area (Å²) in [6.45, 7) is 3.15. The van der Waals surface area contributed by atoms with Gasteiger partial charge in [0.1, 0.15) is 0 Å². The molecule has 2 aromatic rings. The van der Waals surface area contributed by atoms with Gasteiger partial charge >= 0.3 is 0 Å². The fraction of sp³-hybridized carbons (Fsp3) is 0.238. The molecule has 0 radical (unpaired) electrons. The Labute approximate surface area is 165 Å². The van der Waals surface area contributed by atoms with E-state index in [1.807, 2.05) is 48.5 Å². The molecule has 0 aliphatic rings. The molecular weight excluding hydrogens is 360 g/mol. The van der Waals surface area contributed by atoms with Crippen molar-refractivity contribution in [3.8, 4) is 11.5 Å². The highest BCUT2D eigenvalue weighted by molar-refractivity contribution is 7.80. The Morgan fingerprint density at radius 1 is 1.15 bits per heavy atom. The third kappa shape index (κ3) is 7.11. The summed E-state index contributed by atoms with van der Waals surface area (Å²) in [4.78, 5) is 11.9. The Bertz CT molecular complexity index is 791. The minimum atomic E-state index is -0.280. The molecule has 0 saturated heterocycles. The normalized spacial score (nSPS) is 10.4. The Hall–Kier alpha value is -2.86. The first-order valence-corrected chi connectivity index (χ1v) is 9.15. The zero-order valence-corrected chi connectivity index (χ0v) is 16.3. The highest BCUT2D eigenvalue weighted by Crippen LogP contribution is 2.28. The number of thiocarbonyl (C=S) groups is 1. The monoisotopic (exact) mass is 384 g/mol. The maximum atomic E-state index is 11.9. The van der Waals surface area contributed by atoms with Gasteiger partial charge in [0.15, 0.2) is 16.6 Å². The Morgan fingerprint density at radius 3 is 2.63 bits per heavy atom. The maximum absolute atomic E-state index is 11.9. The van der Waals surface area contributed by atoms with Gasteiger partial charge in [0.25, 0.3) is 0 Å². The van der Waals surface area contributed by atoms with Crippen LogP contribution in [0.3, 0.4) is 0 Å². The van der Waals surface area contributed by atoms with Crippen LogP contribution in [0.1, 0.15) is 24.5 Å². The topological polar surface area (TPSA) is 59.6 Å². The van der Waals surface area contributed by atoms with Crippen LogP contribution in [-0.4, -0.2) is 24.7 Å². The van der Waals surface area contributed by atoms with E-state index in [4.69, 9.17) is 21.7 Å². The van der Waals surface area contributed by atoms with Gasteiger partial charge in [-0.1, -0.05) is 43.3 Å². The predicted molar refractivity (Wildman–Crippen MR) is 112 cm³/mol. The molecule has 0 unspecified atom stereocenters.